The zero-order chi connectivity index (χ0) is 19.6. The summed E-state index contributed by atoms with van der Waals surface area (Å²) in [5.41, 5.74) is 0.925. The lowest BCUT2D eigenvalue weighted by Gasteiger charge is -2.18. The molecule has 1 amide bonds. The second-order valence-corrected chi connectivity index (χ2v) is 6.83. The van der Waals surface area contributed by atoms with E-state index in [4.69, 9.17) is 0 Å². The monoisotopic (exact) mass is 395 g/mol. The van der Waals surface area contributed by atoms with Gasteiger partial charge in [0.25, 0.3) is 5.91 Å². The molecule has 27 heavy (non-hydrogen) atoms. The van der Waals surface area contributed by atoms with E-state index < -0.39 is 23.8 Å². The Morgan fingerprint density at radius 1 is 1.30 bits per heavy atom. The van der Waals surface area contributed by atoms with Crippen LogP contribution in [0.4, 0.5) is 18.9 Å². The molecule has 2 aromatic rings. The highest BCUT2D eigenvalue weighted by molar-refractivity contribution is 7.98. The Morgan fingerprint density at radius 3 is 2.81 bits per heavy atom. The molecule has 0 aliphatic carbocycles. The fraction of sp³-hybridized carbons (Fsp3) is 0.222. The summed E-state index contributed by atoms with van der Waals surface area (Å²) in [4.78, 5) is 17.3. The molecule has 1 unspecified atom stereocenters. The Morgan fingerprint density at radius 2 is 2.07 bits per heavy atom. The number of fused-ring (bicyclic) bond motifs is 1. The SMILES string of the molecule is Cc1ccc2c(c1)SNC(C(=O)NCC(O)c1cccc(C(F)(F)F)c1)=N2. The van der Waals surface area contributed by atoms with Crippen LogP contribution in [0.2, 0.25) is 0 Å². The number of aliphatic hydroxyl groups excluding tert-OH is 1. The lowest BCUT2D eigenvalue weighted by molar-refractivity contribution is -0.137. The summed E-state index contributed by atoms with van der Waals surface area (Å²) in [7, 11) is 0. The molecule has 0 radical (unpaired) electrons. The van der Waals surface area contributed by atoms with Crippen LogP contribution in [0, 0.1) is 6.92 Å². The second-order valence-electron chi connectivity index (χ2n) is 5.98. The van der Waals surface area contributed by atoms with E-state index in [0.29, 0.717) is 5.69 Å². The summed E-state index contributed by atoms with van der Waals surface area (Å²) in [6.07, 6.45) is -5.77. The fourth-order valence-electron chi connectivity index (χ4n) is 2.45. The molecule has 0 saturated heterocycles. The molecular formula is C18H16F3N3O2S. The first-order chi connectivity index (χ1) is 12.7. The average molecular weight is 395 g/mol. The smallest absolute Gasteiger partial charge is 0.387 e. The first-order valence-corrected chi connectivity index (χ1v) is 8.81. The molecule has 5 nitrogen and oxygen atoms in total. The molecule has 0 aromatic heterocycles. The highest BCUT2D eigenvalue weighted by Crippen LogP contribution is 2.32. The Bertz CT molecular complexity index is 900. The molecular weight excluding hydrogens is 379 g/mol. The maximum atomic E-state index is 12.8. The van der Waals surface area contributed by atoms with Gasteiger partial charge < -0.3 is 15.1 Å². The van der Waals surface area contributed by atoms with E-state index >= 15 is 0 Å². The summed E-state index contributed by atoms with van der Waals surface area (Å²) in [6.45, 7) is 1.70. The first-order valence-electron chi connectivity index (χ1n) is 7.99. The molecule has 0 fully saturated rings. The Balaban J connectivity index is 1.65. The predicted octanol–water partition coefficient (Wildman–Crippen LogP) is 3.50. The van der Waals surface area contributed by atoms with Crippen molar-refractivity contribution in [3.8, 4) is 0 Å². The van der Waals surface area contributed by atoms with Gasteiger partial charge in [-0.25, -0.2) is 4.99 Å². The van der Waals surface area contributed by atoms with Crippen molar-refractivity contribution in [1.82, 2.24) is 10.0 Å². The number of hydrogen-bond acceptors (Lipinski definition) is 5. The Kier molecular flexibility index (Phi) is 5.43. The largest absolute Gasteiger partial charge is 0.416 e. The molecule has 2 aromatic carbocycles. The van der Waals surface area contributed by atoms with E-state index in [0.717, 1.165) is 22.6 Å². The standard InChI is InChI=1S/C18H16F3N3O2S/c1-10-5-6-13-15(7-10)27-24-16(23-13)17(26)22-9-14(25)11-3-2-4-12(8-11)18(19,20)21/h2-8,14,25H,9H2,1H3,(H,22,26)(H,23,24). The number of aliphatic hydroxyl groups is 1. The lowest BCUT2D eigenvalue weighted by Crippen LogP contribution is -2.40. The van der Waals surface area contributed by atoms with Crippen LogP contribution in [-0.4, -0.2) is 23.4 Å². The minimum absolute atomic E-state index is 0.0626. The van der Waals surface area contributed by atoms with Gasteiger partial charge in [0.05, 0.1) is 22.3 Å². The molecule has 3 N–H and O–H groups in total. The molecule has 3 rings (SSSR count). The number of nitrogens with zero attached hydrogens (tertiary/aromatic N) is 1. The van der Waals surface area contributed by atoms with Crippen LogP contribution in [0.3, 0.4) is 0 Å². The van der Waals surface area contributed by atoms with Crippen molar-refractivity contribution in [1.29, 1.82) is 0 Å². The summed E-state index contributed by atoms with van der Waals surface area (Å²) >= 11 is 1.25. The summed E-state index contributed by atoms with van der Waals surface area (Å²) in [5.74, 6) is -0.493. The second kappa shape index (κ2) is 7.61. The molecule has 0 spiro atoms. The van der Waals surface area contributed by atoms with Crippen LogP contribution < -0.4 is 10.0 Å². The van der Waals surface area contributed by atoms with E-state index in [1.54, 1.807) is 6.07 Å². The predicted molar refractivity (Wildman–Crippen MR) is 96.7 cm³/mol. The average Bonchev–Trinajstić information content (AvgIpc) is 2.64. The normalized spacial score (nSPS) is 14.6. The number of rotatable bonds is 4. The maximum Gasteiger partial charge on any atom is 0.416 e. The fourth-order valence-corrected chi connectivity index (χ4v) is 3.26. The van der Waals surface area contributed by atoms with Crippen LogP contribution in [0.15, 0.2) is 52.4 Å². The summed E-state index contributed by atoms with van der Waals surface area (Å²) in [5, 5.41) is 12.6. The number of benzene rings is 2. The molecule has 1 aliphatic heterocycles. The van der Waals surface area contributed by atoms with Crippen LogP contribution in [0.1, 0.15) is 22.8 Å². The molecule has 1 aliphatic rings. The lowest BCUT2D eigenvalue weighted by atomic mass is 10.1. The van der Waals surface area contributed by atoms with Gasteiger partial charge in [-0.15, -0.1) is 0 Å². The van der Waals surface area contributed by atoms with Crippen molar-refractivity contribution < 1.29 is 23.1 Å². The molecule has 1 atom stereocenters. The van der Waals surface area contributed by atoms with Gasteiger partial charge in [-0.3, -0.25) is 4.79 Å². The van der Waals surface area contributed by atoms with Gasteiger partial charge in [0.15, 0.2) is 0 Å². The number of carbonyl (C=O) groups excluding carboxylic acids is 1. The van der Waals surface area contributed by atoms with Crippen molar-refractivity contribution in [2.24, 2.45) is 4.99 Å². The van der Waals surface area contributed by atoms with Crippen molar-refractivity contribution in [3.05, 3.63) is 59.2 Å². The van der Waals surface area contributed by atoms with Crippen molar-refractivity contribution >= 4 is 29.4 Å². The minimum Gasteiger partial charge on any atom is -0.387 e. The van der Waals surface area contributed by atoms with Crippen LogP contribution in [0.5, 0.6) is 0 Å². The third kappa shape index (κ3) is 4.61. The highest BCUT2D eigenvalue weighted by Gasteiger charge is 2.31. The third-order valence-corrected chi connectivity index (χ3v) is 4.72. The quantitative estimate of drug-likeness (QED) is 0.693. The number of aliphatic imine (C=N–C) groups is 1. The number of halogens is 3. The van der Waals surface area contributed by atoms with Gasteiger partial charge in [-0.2, -0.15) is 13.2 Å². The van der Waals surface area contributed by atoms with Gasteiger partial charge in [0, 0.05) is 6.54 Å². The highest BCUT2D eigenvalue weighted by atomic mass is 32.2. The van der Waals surface area contributed by atoms with Gasteiger partial charge >= 0.3 is 6.18 Å². The number of hydrogen-bond donors (Lipinski definition) is 3. The van der Waals surface area contributed by atoms with E-state index in [2.05, 4.69) is 15.0 Å². The number of nitrogens with one attached hydrogen (secondary N) is 2. The Hall–Kier alpha value is -2.52. The van der Waals surface area contributed by atoms with Crippen molar-refractivity contribution in [2.45, 2.75) is 24.1 Å². The number of alkyl halides is 3. The molecule has 0 saturated carbocycles. The van der Waals surface area contributed by atoms with E-state index in [9.17, 15) is 23.1 Å². The topological polar surface area (TPSA) is 73.7 Å². The minimum atomic E-state index is -4.50. The van der Waals surface area contributed by atoms with E-state index in [1.165, 1.54) is 24.1 Å². The number of amides is 1. The van der Waals surface area contributed by atoms with Gasteiger partial charge in [-0.05, 0) is 54.3 Å². The zero-order valence-electron chi connectivity index (χ0n) is 14.2. The molecule has 9 heteroatoms. The number of carbonyl (C=O) groups is 1. The van der Waals surface area contributed by atoms with Gasteiger partial charge in [-0.1, -0.05) is 18.2 Å². The zero-order valence-corrected chi connectivity index (χ0v) is 15.0. The summed E-state index contributed by atoms with van der Waals surface area (Å²) in [6, 6.07) is 9.98. The molecule has 142 valence electrons. The van der Waals surface area contributed by atoms with E-state index in [-0.39, 0.29) is 17.9 Å². The van der Waals surface area contributed by atoms with Gasteiger partial charge in [0.2, 0.25) is 5.84 Å². The van der Waals surface area contributed by atoms with Crippen LogP contribution in [-0.2, 0) is 11.0 Å². The molecule has 0 bridgehead atoms. The number of aryl methyl sites for hydroxylation is 1. The van der Waals surface area contributed by atoms with Crippen LogP contribution >= 0.6 is 11.9 Å². The molecule has 1 heterocycles. The van der Waals surface area contributed by atoms with Gasteiger partial charge in [0.1, 0.15) is 0 Å². The number of amidine groups is 1. The van der Waals surface area contributed by atoms with Crippen molar-refractivity contribution in [3.63, 3.8) is 0 Å². The third-order valence-electron chi connectivity index (χ3n) is 3.88. The first kappa shape index (κ1) is 19.2. The van der Waals surface area contributed by atoms with Crippen molar-refractivity contribution in [2.75, 3.05) is 6.54 Å². The van der Waals surface area contributed by atoms with E-state index in [1.807, 2.05) is 19.1 Å². The maximum absolute atomic E-state index is 12.8. The van der Waals surface area contributed by atoms with Crippen LogP contribution in [0.25, 0.3) is 0 Å². The summed E-state index contributed by atoms with van der Waals surface area (Å²) < 4.78 is 41.1. The Labute approximate surface area is 157 Å².